The summed E-state index contributed by atoms with van der Waals surface area (Å²) in [6.45, 7) is 5.35. The molecule has 26 heavy (non-hydrogen) atoms. The fourth-order valence-corrected chi connectivity index (χ4v) is 6.48. The van der Waals surface area contributed by atoms with E-state index < -0.39 is 9.84 Å². The van der Waals surface area contributed by atoms with Crippen molar-refractivity contribution in [3.05, 3.63) is 53.0 Å². The molecule has 142 valence electrons. The summed E-state index contributed by atoms with van der Waals surface area (Å²) in [4.78, 5) is 0.879. The molecule has 3 atom stereocenters. The summed E-state index contributed by atoms with van der Waals surface area (Å²) in [5.41, 5.74) is 0.586. The molecule has 0 bridgehead atoms. The van der Waals surface area contributed by atoms with E-state index in [0.29, 0.717) is 41.3 Å². The standard InChI is InChI=1S/C21H28O4S/c1-15-10-11-18-19(26(22,23)17-8-6-5-7-9-17)12-21(13-24-3,14-25-4)20(18)16(15)2/h5-11,15-16,20H,12-14H2,1-4H3/t15-,16-,20+/m1/s1. The van der Waals surface area contributed by atoms with Crippen molar-refractivity contribution < 1.29 is 17.9 Å². The molecule has 0 saturated carbocycles. The van der Waals surface area contributed by atoms with Crippen LogP contribution >= 0.6 is 0 Å². The zero-order valence-electron chi connectivity index (χ0n) is 15.9. The first-order chi connectivity index (χ1) is 12.4. The molecule has 3 rings (SSSR count). The van der Waals surface area contributed by atoms with E-state index in [1.165, 1.54) is 0 Å². The van der Waals surface area contributed by atoms with Gasteiger partial charge in [-0.25, -0.2) is 8.42 Å². The van der Waals surface area contributed by atoms with Crippen molar-refractivity contribution in [3.63, 3.8) is 0 Å². The predicted molar refractivity (Wildman–Crippen MR) is 102 cm³/mol. The highest BCUT2D eigenvalue weighted by Crippen LogP contribution is 2.56. The minimum Gasteiger partial charge on any atom is -0.384 e. The third-order valence-corrected chi connectivity index (χ3v) is 7.93. The highest BCUT2D eigenvalue weighted by atomic mass is 32.2. The Labute approximate surface area is 156 Å². The molecule has 0 unspecified atom stereocenters. The Morgan fingerprint density at radius 3 is 2.27 bits per heavy atom. The van der Waals surface area contributed by atoms with Crippen LogP contribution in [-0.2, 0) is 19.3 Å². The largest absolute Gasteiger partial charge is 0.384 e. The third-order valence-electron chi connectivity index (χ3n) is 6.01. The minimum atomic E-state index is -3.54. The van der Waals surface area contributed by atoms with Crippen LogP contribution < -0.4 is 0 Å². The molecule has 5 heteroatoms. The van der Waals surface area contributed by atoms with Crippen LogP contribution in [0.15, 0.2) is 57.9 Å². The van der Waals surface area contributed by atoms with E-state index >= 15 is 0 Å². The maximum atomic E-state index is 13.4. The number of benzene rings is 1. The van der Waals surface area contributed by atoms with Gasteiger partial charge in [-0.3, -0.25) is 0 Å². The number of fused-ring (bicyclic) bond motifs is 1. The lowest BCUT2D eigenvalue weighted by molar-refractivity contribution is -0.0290. The number of methoxy groups -OCH3 is 2. The molecule has 0 spiro atoms. The van der Waals surface area contributed by atoms with Gasteiger partial charge in [0.05, 0.1) is 23.0 Å². The second kappa shape index (κ2) is 7.29. The lowest BCUT2D eigenvalue weighted by Gasteiger charge is -2.42. The van der Waals surface area contributed by atoms with Gasteiger partial charge in [-0.1, -0.05) is 44.2 Å². The van der Waals surface area contributed by atoms with Crippen LogP contribution in [-0.4, -0.2) is 35.9 Å². The molecule has 1 aromatic rings. The van der Waals surface area contributed by atoms with Crippen molar-refractivity contribution in [2.75, 3.05) is 27.4 Å². The molecule has 0 fully saturated rings. The summed E-state index contributed by atoms with van der Waals surface area (Å²) in [6.07, 6.45) is 4.61. The minimum absolute atomic E-state index is 0.107. The third kappa shape index (κ3) is 3.06. The highest BCUT2D eigenvalue weighted by Gasteiger charge is 2.53. The van der Waals surface area contributed by atoms with E-state index in [0.717, 1.165) is 5.57 Å². The van der Waals surface area contributed by atoms with Gasteiger partial charge in [0.2, 0.25) is 9.84 Å². The van der Waals surface area contributed by atoms with Crippen LogP contribution in [0.5, 0.6) is 0 Å². The molecular formula is C21H28O4S. The fourth-order valence-electron chi connectivity index (χ4n) is 4.70. The number of allylic oxidation sites excluding steroid dienone is 4. The van der Waals surface area contributed by atoms with Crippen LogP contribution in [0.25, 0.3) is 0 Å². The molecule has 0 radical (unpaired) electrons. The van der Waals surface area contributed by atoms with Crippen molar-refractivity contribution in [3.8, 4) is 0 Å². The number of sulfone groups is 1. The SMILES string of the molecule is COCC1(COC)CC(S(=O)(=O)c2ccccc2)=C2C=C[C@@H](C)[C@@H](C)[C@@H]21. The molecule has 4 nitrogen and oxygen atoms in total. The van der Waals surface area contributed by atoms with Crippen molar-refractivity contribution in [1.29, 1.82) is 0 Å². The number of ether oxygens (including phenoxy) is 2. The number of hydrogen-bond donors (Lipinski definition) is 0. The second-order valence-corrected chi connectivity index (χ2v) is 9.63. The van der Waals surface area contributed by atoms with E-state index in [1.807, 2.05) is 12.1 Å². The molecule has 0 N–H and O–H groups in total. The Morgan fingerprint density at radius 1 is 1.08 bits per heavy atom. The summed E-state index contributed by atoms with van der Waals surface area (Å²) >= 11 is 0. The first-order valence-electron chi connectivity index (χ1n) is 9.06. The Kier molecular flexibility index (Phi) is 5.42. The Balaban J connectivity index is 2.17. The molecule has 0 aliphatic heterocycles. The summed E-state index contributed by atoms with van der Waals surface area (Å²) in [5, 5.41) is 0. The van der Waals surface area contributed by atoms with Crippen molar-refractivity contribution in [1.82, 2.24) is 0 Å². The molecule has 2 aliphatic rings. The zero-order valence-corrected chi connectivity index (χ0v) is 16.8. The normalized spacial score (nSPS) is 27.6. The summed E-state index contributed by atoms with van der Waals surface area (Å²) in [6, 6.07) is 8.71. The van der Waals surface area contributed by atoms with Gasteiger partial charge in [0.25, 0.3) is 0 Å². The first-order valence-corrected chi connectivity index (χ1v) is 10.5. The predicted octanol–water partition coefficient (Wildman–Crippen LogP) is 3.86. The maximum absolute atomic E-state index is 13.4. The van der Waals surface area contributed by atoms with E-state index in [-0.39, 0.29) is 11.3 Å². The van der Waals surface area contributed by atoms with Crippen molar-refractivity contribution >= 4 is 9.84 Å². The average molecular weight is 377 g/mol. The lowest BCUT2D eigenvalue weighted by Crippen LogP contribution is -2.42. The molecule has 1 aromatic carbocycles. The van der Waals surface area contributed by atoms with Crippen LogP contribution in [0.4, 0.5) is 0 Å². The van der Waals surface area contributed by atoms with Crippen LogP contribution in [0.3, 0.4) is 0 Å². The van der Waals surface area contributed by atoms with Gasteiger partial charge >= 0.3 is 0 Å². The quantitative estimate of drug-likeness (QED) is 0.757. The van der Waals surface area contributed by atoms with Crippen LogP contribution in [0, 0.1) is 23.2 Å². The zero-order chi connectivity index (χ0) is 18.9. The van der Waals surface area contributed by atoms with Gasteiger partial charge < -0.3 is 9.47 Å². The number of hydrogen-bond acceptors (Lipinski definition) is 4. The lowest BCUT2D eigenvalue weighted by atomic mass is 9.65. The topological polar surface area (TPSA) is 52.6 Å². The van der Waals surface area contributed by atoms with Crippen molar-refractivity contribution in [2.24, 2.45) is 23.2 Å². The summed E-state index contributed by atoms with van der Waals surface area (Å²) < 4.78 is 37.9. The average Bonchev–Trinajstić information content (AvgIpc) is 2.95. The maximum Gasteiger partial charge on any atom is 0.203 e. The van der Waals surface area contributed by atoms with Gasteiger partial charge in [0.1, 0.15) is 0 Å². The van der Waals surface area contributed by atoms with Gasteiger partial charge in [0.15, 0.2) is 0 Å². The van der Waals surface area contributed by atoms with Crippen LogP contribution in [0.2, 0.25) is 0 Å². The van der Waals surface area contributed by atoms with E-state index in [9.17, 15) is 8.42 Å². The second-order valence-electron chi connectivity index (χ2n) is 7.66. The Bertz CT molecular complexity index is 802. The van der Waals surface area contributed by atoms with E-state index in [4.69, 9.17) is 9.47 Å². The van der Waals surface area contributed by atoms with Gasteiger partial charge in [-0.05, 0) is 41.9 Å². The smallest absolute Gasteiger partial charge is 0.203 e. The first kappa shape index (κ1) is 19.3. The number of rotatable bonds is 6. The van der Waals surface area contributed by atoms with Gasteiger partial charge in [0, 0.05) is 19.6 Å². The molecule has 2 aliphatic carbocycles. The highest BCUT2D eigenvalue weighted by molar-refractivity contribution is 7.95. The van der Waals surface area contributed by atoms with E-state index in [2.05, 4.69) is 19.9 Å². The Hall–Kier alpha value is -1.43. The van der Waals surface area contributed by atoms with Gasteiger partial charge in [-0.15, -0.1) is 0 Å². The fraction of sp³-hybridized carbons (Fsp3) is 0.524. The van der Waals surface area contributed by atoms with Crippen LogP contribution in [0.1, 0.15) is 20.3 Å². The molecular weight excluding hydrogens is 348 g/mol. The van der Waals surface area contributed by atoms with E-state index in [1.54, 1.807) is 38.5 Å². The summed E-state index contributed by atoms with van der Waals surface area (Å²) in [7, 11) is -0.192. The molecule has 0 aromatic heterocycles. The van der Waals surface area contributed by atoms with Gasteiger partial charge in [-0.2, -0.15) is 0 Å². The van der Waals surface area contributed by atoms with Crippen molar-refractivity contribution in [2.45, 2.75) is 25.2 Å². The summed E-state index contributed by atoms with van der Waals surface area (Å²) in [5.74, 6) is 0.815. The molecule has 0 amide bonds. The molecule has 0 heterocycles. The Morgan fingerprint density at radius 2 is 1.69 bits per heavy atom. The molecule has 0 saturated heterocycles. The monoisotopic (exact) mass is 376 g/mol.